The lowest BCUT2D eigenvalue weighted by atomic mass is 9.96. The zero-order valence-electron chi connectivity index (χ0n) is 17.7. The quantitative estimate of drug-likeness (QED) is 0.596. The van der Waals surface area contributed by atoms with Crippen LogP contribution in [0, 0.1) is 11.3 Å². The number of piperidine rings is 1. The molecule has 0 atom stereocenters. The molecule has 1 N–H and O–H groups in total. The van der Waals surface area contributed by atoms with Gasteiger partial charge in [-0.15, -0.1) is 0 Å². The molecule has 0 radical (unpaired) electrons. The molecule has 2 aromatic carbocycles. The number of pyridine rings is 1. The van der Waals surface area contributed by atoms with E-state index < -0.39 is 21.8 Å². The SMILES string of the molecule is CS(=O)(=O)N1CCC(Nc2cc(-c3cc(C#N)cc(C(F)(F)F)c3)cc3ccncc23)CC1. The molecule has 1 aliphatic heterocycles. The standard InChI is InChI=1S/C23H21F3N4O2S/c1-33(31,32)30-6-3-20(4-7-30)29-22-12-18(10-16-2-5-28-14-21(16)22)17-8-15(13-27)9-19(11-17)23(24,25)26/h2,5,8-12,14,20,29H,3-4,6-7H2,1H3. The van der Waals surface area contributed by atoms with Gasteiger partial charge in [-0.2, -0.15) is 18.4 Å². The van der Waals surface area contributed by atoms with Crippen LogP contribution in [0.1, 0.15) is 24.0 Å². The number of aromatic nitrogens is 1. The van der Waals surface area contributed by atoms with Gasteiger partial charge in [0.2, 0.25) is 10.0 Å². The minimum Gasteiger partial charge on any atom is -0.382 e. The Morgan fingerprint density at radius 2 is 1.82 bits per heavy atom. The molecular weight excluding hydrogens is 453 g/mol. The third-order valence-corrected chi connectivity index (χ3v) is 7.06. The maximum Gasteiger partial charge on any atom is 0.416 e. The molecule has 0 saturated carbocycles. The van der Waals surface area contributed by atoms with Gasteiger partial charge in [-0.1, -0.05) is 0 Å². The second kappa shape index (κ2) is 8.65. The van der Waals surface area contributed by atoms with Crippen molar-refractivity contribution in [1.82, 2.24) is 9.29 Å². The van der Waals surface area contributed by atoms with E-state index in [-0.39, 0.29) is 17.2 Å². The van der Waals surface area contributed by atoms with Crippen LogP contribution in [0.3, 0.4) is 0 Å². The Labute approximate surface area is 189 Å². The highest BCUT2D eigenvalue weighted by molar-refractivity contribution is 7.88. The van der Waals surface area contributed by atoms with E-state index in [1.807, 2.05) is 0 Å². The highest BCUT2D eigenvalue weighted by Crippen LogP contribution is 2.36. The summed E-state index contributed by atoms with van der Waals surface area (Å²) in [6.07, 6.45) is 1.10. The number of halogens is 3. The highest BCUT2D eigenvalue weighted by atomic mass is 32.2. The van der Waals surface area contributed by atoms with Crippen LogP contribution >= 0.6 is 0 Å². The number of hydrogen-bond acceptors (Lipinski definition) is 5. The van der Waals surface area contributed by atoms with Crippen molar-refractivity contribution in [2.75, 3.05) is 24.7 Å². The fraction of sp³-hybridized carbons (Fsp3) is 0.304. The van der Waals surface area contributed by atoms with E-state index in [1.165, 1.54) is 16.6 Å². The molecule has 0 spiro atoms. The summed E-state index contributed by atoms with van der Waals surface area (Å²) in [6, 6.07) is 10.4. The lowest BCUT2D eigenvalue weighted by Gasteiger charge is -2.31. The molecule has 0 amide bonds. The highest BCUT2D eigenvalue weighted by Gasteiger charge is 2.31. The Morgan fingerprint density at radius 3 is 2.45 bits per heavy atom. The van der Waals surface area contributed by atoms with Gasteiger partial charge in [0.25, 0.3) is 0 Å². The molecule has 172 valence electrons. The van der Waals surface area contributed by atoms with Crippen LogP contribution in [0.5, 0.6) is 0 Å². The third kappa shape index (κ3) is 5.10. The van der Waals surface area contributed by atoms with Crippen LogP contribution in [0.4, 0.5) is 18.9 Å². The van der Waals surface area contributed by atoms with Crippen molar-refractivity contribution in [2.45, 2.75) is 25.1 Å². The maximum atomic E-state index is 13.4. The molecule has 4 rings (SSSR count). The van der Waals surface area contributed by atoms with E-state index in [1.54, 1.807) is 36.7 Å². The average molecular weight is 475 g/mol. The Hall–Kier alpha value is -3.16. The summed E-state index contributed by atoms with van der Waals surface area (Å²) in [5.41, 5.74) is 0.568. The topological polar surface area (TPSA) is 86.1 Å². The van der Waals surface area contributed by atoms with E-state index in [0.717, 1.165) is 22.9 Å². The monoisotopic (exact) mass is 474 g/mol. The van der Waals surface area contributed by atoms with Gasteiger partial charge in [0.1, 0.15) is 0 Å². The second-order valence-electron chi connectivity index (χ2n) is 8.11. The zero-order valence-corrected chi connectivity index (χ0v) is 18.5. The van der Waals surface area contributed by atoms with Gasteiger partial charge in [0, 0.05) is 42.6 Å². The van der Waals surface area contributed by atoms with Crippen molar-refractivity contribution in [3.63, 3.8) is 0 Å². The lowest BCUT2D eigenvalue weighted by Crippen LogP contribution is -2.41. The molecule has 0 unspecified atom stereocenters. The molecular formula is C23H21F3N4O2S. The predicted octanol–water partition coefficient (Wildman–Crippen LogP) is 4.63. The van der Waals surface area contributed by atoms with E-state index in [2.05, 4.69) is 10.3 Å². The van der Waals surface area contributed by atoms with Gasteiger partial charge in [0.05, 0.1) is 23.5 Å². The fourth-order valence-corrected chi connectivity index (χ4v) is 4.93. The summed E-state index contributed by atoms with van der Waals surface area (Å²) in [5.74, 6) is 0. The number of anilines is 1. The van der Waals surface area contributed by atoms with Gasteiger partial charge in [-0.3, -0.25) is 4.98 Å². The predicted molar refractivity (Wildman–Crippen MR) is 120 cm³/mol. The van der Waals surface area contributed by atoms with Crippen molar-refractivity contribution < 1.29 is 21.6 Å². The fourth-order valence-electron chi connectivity index (χ4n) is 4.06. The molecule has 1 fully saturated rings. The molecule has 1 saturated heterocycles. The number of nitriles is 1. The van der Waals surface area contributed by atoms with Gasteiger partial charge >= 0.3 is 6.18 Å². The number of hydrogen-bond donors (Lipinski definition) is 1. The Kier molecular flexibility index (Phi) is 6.03. The minimum absolute atomic E-state index is 0.00200. The van der Waals surface area contributed by atoms with Crippen LogP contribution < -0.4 is 5.32 Å². The van der Waals surface area contributed by atoms with Gasteiger partial charge in [0.15, 0.2) is 0 Å². The number of nitrogens with zero attached hydrogens (tertiary/aromatic N) is 3. The van der Waals surface area contributed by atoms with E-state index in [0.29, 0.717) is 37.2 Å². The molecule has 1 aliphatic rings. The third-order valence-electron chi connectivity index (χ3n) is 5.76. The summed E-state index contributed by atoms with van der Waals surface area (Å²) in [7, 11) is -3.25. The number of alkyl halides is 3. The van der Waals surface area contributed by atoms with Crippen LogP contribution in [0.2, 0.25) is 0 Å². The lowest BCUT2D eigenvalue weighted by molar-refractivity contribution is -0.137. The average Bonchev–Trinajstić information content (AvgIpc) is 2.78. The first-order valence-electron chi connectivity index (χ1n) is 10.3. The Bertz CT molecular complexity index is 1340. The summed E-state index contributed by atoms with van der Waals surface area (Å²) in [6.45, 7) is 0.789. The molecule has 3 aromatic rings. The maximum absolute atomic E-state index is 13.4. The van der Waals surface area contributed by atoms with Crippen LogP contribution in [-0.4, -0.2) is 43.1 Å². The van der Waals surface area contributed by atoms with Gasteiger partial charge in [-0.05, 0) is 65.8 Å². The minimum atomic E-state index is -4.57. The number of fused-ring (bicyclic) bond motifs is 1. The molecule has 10 heteroatoms. The summed E-state index contributed by atoms with van der Waals surface area (Å²) < 4.78 is 65.1. The van der Waals surface area contributed by atoms with Crippen molar-refractivity contribution in [3.8, 4) is 17.2 Å². The van der Waals surface area contributed by atoms with Crippen molar-refractivity contribution >= 4 is 26.5 Å². The molecule has 0 aliphatic carbocycles. The first-order valence-corrected chi connectivity index (χ1v) is 12.1. The van der Waals surface area contributed by atoms with Gasteiger partial charge < -0.3 is 5.32 Å². The number of nitrogens with one attached hydrogen (secondary N) is 1. The zero-order chi connectivity index (χ0) is 23.8. The van der Waals surface area contributed by atoms with E-state index >= 15 is 0 Å². The Balaban J connectivity index is 1.72. The molecule has 33 heavy (non-hydrogen) atoms. The smallest absolute Gasteiger partial charge is 0.382 e. The van der Waals surface area contributed by atoms with E-state index in [4.69, 9.17) is 0 Å². The van der Waals surface area contributed by atoms with Crippen molar-refractivity contribution in [2.24, 2.45) is 0 Å². The number of sulfonamides is 1. The van der Waals surface area contributed by atoms with E-state index in [9.17, 15) is 26.9 Å². The summed E-state index contributed by atoms with van der Waals surface area (Å²) >= 11 is 0. The summed E-state index contributed by atoms with van der Waals surface area (Å²) in [5, 5.41) is 14.3. The molecule has 6 nitrogen and oxygen atoms in total. The normalized spacial score (nSPS) is 16.0. The van der Waals surface area contributed by atoms with Crippen LogP contribution in [0.25, 0.3) is 21.9 Å². The largest absolute Gasteiger partial charge is 0.416 e. The van der Waals surface area contributed by atoms with Crippen LogP contribution in [-0.2, 0) is 16.2 Å². The second-order valence-corrected chi connectivity index (χ2v) is 10.1. The first-order chi connectivity index (χ1) is 15.5. The Morgan fingerprint density at radius 1 is 1.12 bits per heavy atom. The van der Waals surface area contributed by atoms with Crippen molar-refractivity contribution in [1.29, 1.82) is 5.26 Å². The molecule has 0 bridgehead atoms. The van der Waals surface area contributed by atoms with Crippen LogP contribution in [0.15, 0.2) is 48.8 Å². The van der Waals surface area contributed by atoms with Gasteiger partial charge in [-0.25, -0.2) is 12.7 Å². The van der Waals surface area contributed by atoms with Crippen molar-refractivity contribution in [3.05, 3.63) is 59.9 Å². The summed E-state index contributed by atoms with van der Waals surface area (Å²) in [4.78, 5) is 4.17. The molecule has 2 heterocycles. The number of benzene rings is 2. The number of rotatable bonds is 4. The first kappa shape index (κ1) is 23.0. The molecule has 1 aromatic heterocycles.